The van der Waals surface area contributed by atoms with Gasteiger partial charge in [-0.2, -0.15) is 0 Å². The molecule has 0 aliphatic carbocycles. The van der Waals surface area contributed by atoms with Crippen LogP contribution in [0.1, 0.15) is 15.9 Å². The van der Waals surface area contributed by atoms with Crippen molar-refractivity contribution in [2.45, 2.75) is 6.42 Å². The standard InChI is InChI=1S/C15H14O3/c1-18-14-7-5-12(6-8-14)15(17)10-11-3-2-4-13(16)9-11/h2-9,16H,10H2,1H3. The summed E-state index contributed by atoms with van der Waals surface area (Å²) in [5.41, 5.74) is 1.44. The Balaban J connectivity index is 2.11. The van der Waals surface area contributed by atoms with Gasteiger partial charge >= 0.3 is 0 Å². The lowest BCUT2D eigenvalue weighted by Gasteiger charge is -2.04. The minimum atomic E-state index is 0.0169. The van der Waals surface area contributed by atoms with Gasteiger partial charge in [0.2, 0.25) is 0 Å². The van der Waals surface area contributed by atoms with Crippen molar-refractivity contribution in [1.29, 1.82) is 0 Å². The molecular formula is C15H14O3. The zero-order valence-electron chi connectivity index (χ0n) is 10.1. The van der Waals surface area contributed by atoms with E-state index in [4.69, 9.17) is 4.74 Å². The van der Waals surface area contributed by atoms with Crippen molar-refractivity contribution in [2.75, 3.05) is 7.11 Å². The van der Waals surface area contributed by atoms with Gasteiger partial charge in [-0.3, -0.25) is 4.79 Å². The van der Waals surface area contributed by atoms with Crippen molar-refractivity contribution < 1.29 is 14.6 Å². The van der Waals surface area contributed by atoms with Crippen LogP contribution in [-0.4, -0.2) is 18.0 Å². The smallest absolute Gasteiger partial charge is 0.167 e. The number of Topliss-reactive ketones (excluding diaryl/α,β-unsaturated/α-hetero) is 1. The number of ketones is 1. The Morgan fingerprint density at radius 1 is 1.17 bits per heavy atom. The zero-order chi connectivity index (χ0) is 13.0. The van der Waals surface area contributed by atoms with Crippen LogP contribution < -0.4 is 4.74 Å². The molecule has 3 heteroatoms. The minimum absolute atomic E-state index is 0.0169. The molecule has 0 heterocycles. The van der Waals surface area contributed by atoms with Crippen molar-refractivity contribution in [1.82, 2.24) is 0 Å². The quantitative estimate of drug-likeness (QED) is 0.838. The van der Waals surface area contributed by atoms with E-state index in [1.807, 2.05) is 6.07 Å². The lowest BCUT2D eigenvalue weighted by molar-refractivity contribution is 0.0993. The van der Waals surface area contributed by atoms with E-state index < -0.39 is 0 Å². The highest BCUT2D eigenvalue weighted by Gasteiger charge is 2.07. The maximum absolute atomic E-state index is 12.0. The fourth-order valence-electron chi connectivity index (χ4n) is 1.73. The average Bonchev–Trinajstić information content (AvgIpc) is 2.39. The fraction of sp³-hybridized carbons (Fsp3) is 0.133. The highest BCUT2D eigenvalue weighted by Crippen LogP contribution is 2.16. The first kappa shape index (κ1) is 12.2. The Labute approximate surface area is 106 Å². The van der Waals surface area contributed by atoms with Crippen LogP contribution in [0.15, 0.2) is 48.5 Å². The molecule has 0 atom stereocenters. The van der Waals surface area contributed by atoms with E-state index in [1.165, 1.54) is 0 Å². The van der Waals surface area contributed by atoms with Crippen molar-refractivity contribution in [2.24, 2.45) is 0 Å². The number of ether oxygens (including phenoxy) is 1. The monoisotopic (exact) mass is 242 g/mol. The number of benzene rings is 2. The second kappa shape index (κ2) is 5.36. The van der Waals surface area contributed by atoms with E-state index in [2.05, 4.69) is 0 Å². The Kier molecular flexibility index (Phi) is 3.63. The Morgan fingerprint density at radius 2 is 1.89 bits per heavy atom. The number of rotatable bonds is 4. The normalized spacial score (nSPS) is 10.1. The third-order valence-corrected chi connectivity index (χ3v) is 2.69. The molecule has 2 rings (SSSR count). The zero-order valence-corrected chi connectivity index (χ0v) is 10.1. The van der Waals surface area contributed by atoms with Gasteiger partial charge in [-0.05, 0) is 42.0 Å². The van der Waals surface area contributed by atoms with Gasteiger partial charge in [-0.1, -0.05) is 12.1 Å². The maximum Gasteiger partial charge on any atom is 0.167 e. The van der Waals surface area contributed by atoms with Gasteiger partial charge in [-0.25, -0.2) is 0 Å². The molecule has 0 saturated heterocycles. The highest BCUT2D eigenvalue weighted by atomic mass is 16.5. The summed E-state index contributed by atoms with van der Waals surface area (Å²) >= 11 is 0. The molecule has 18 heavy (non-hydrogen) atoms. The predicted molar refractivity (Wildman–Crippen MR) is 69.1 cm³/mol. The average molecular weight is 242 g/mol. The number of hydrogen-bond donors (Lipinski definition) is 1. The molecule has 0 saturated carbocycles. The van der Waals surface area contributed by atoms with Crippen molar-refractivity contribution in [3.63, 3.8) is 0 Å². The third-order valence-electron chi connectivity index (χ3n) is 2.69. The van der Waals surface area contributed by atoms with Gasteiger partial charge in [0.1, 0.15) is 11.5 Å². The van der Waals surface area contributed by atoms with Crippen molar-refractivity contribution in [3.05, 3.63) is 59.7 Å². The van der Waals surface area contributed by atoms with Crippen LogP contribution in [0.2, 0.25) is 0 Å². The summed E-state index contributed by atoms with van der Waals surface area (Å²) < 4.78 is 5.04. The van der Waals surface area contributed by atoms with Gasteiger partial charge in [-0.15, -0.1) is 0 Å². The van der Waals surface area contributed by atoms with Crippen LogP contribution in [-0.2, 0) is 6.42 Å². The molecule has 0 radical (unpaired) electrons. The largest absolute Gasteiger partial charge is 0.508 e. The second-order valence-corrected chi connectivity index (χ2v) is 4.00. The summed E-state index contributed by atoms with van der Waals surface area (Å²) in [7, 11) is 1.59. The minimum Gasteiger partial charge on any atom is -0.508 e. The molecule has 0 aliphatic rings. The van der Waals surface area contributed by atoms with E-state index in [9.17, 15) is 9.90 Å². The molecule has 0 unspecified atom stereocenters. The van der Waals surface area contributed by atoms with E-state index in [0.717, 1.165) is 11.3 Å². The molecule has 92 valence electrons. The second-order valence-electron chi connectivity index (χ2n) is 4.00. The van der Waals surface area contributed by atoms with Gasteiger partial charge in [0, 0.05) is 12.0 Å². The molecule has 0 aliphatic heterocycles. The molecule has 0 amide bonds. The molecule has 2 aromatic carbocycles. The van der Waals surface area contributed by atoms with E-state index >= 15 is 0 Å². The Bertz CT molecular complexity index is 544. The summed E-state index contributed by atoms with van der Waals surface area (Å²) in [6.07, 6.45) is 0.279. The van der Waals surface area contributed by atoms with Crippen LogP contribution in [0.3, 0.4) is 0 Å². The summed E-state index contributed by atoms with van der Waals surface area (Å²) in [4.78, 5) is 12.0. The fourth-order valence-corrected chi connectivity index (χ4v) is 1.73. The van der Waals surface area contributed by atoms with Crippen LogP contribution >= 0.6 is 0 Å². The van der Waals surface area contributed by atoms with Gasteiger partial charge in [0.05, 0.1) is 7.11 Å². The summed E-state index contributed by atoms with van der Waals surface area (Å²) in [6.45, 7) is 0. The molecule has 0 bridgehead atoms. The summed E-state index contributed by atoms with van der Waals surface area (Å²) in [5, 5.41) is 9.34. The number of carbonyl (C=O) groups is 1. The highest BCUT2D eigenvalue weighted by molar-refractivity contribution is 5.97. The summed E-state index contributed by atoms with van der Waals surface area (Å²) in [6, 6.07) is 13.7. The molecule has 0 fully saturated rings. The number of methoxy groups -OCH3 is 1. The molecular weight excluding hydrogens is 228 g/mol. The Morgan fingerprint density at radius 3 is 2.50 bits per heavy atom. The van der Waals surface area contributed by atoms with E-state index in [-0.39, 0.29) is 18.0 Å². The molecule has 2 aromatic rings. The number of phenols is 1. The first-order chi connectivity index (χ1) is 8.69. The van der Waals surface area contributed by atoms with E-state index in [1.54, 1.807) is 49.6 Å². The van der Waals surface area contributed by atoms with Gasteiger partial charge in [0.25, 0.3) is 0 Å². The Hall–Kier alpha value is -2.29. The van der Waals surface area contributed by atoms with Gasteiger partial charge in [0.15, 0.2) is 5.78 Å². The van der Waals surface area contributed by atoms with Crippen LogP contribution in [0, 0.1) is 0 Å². The lowest BCUT2D eigenvalue weighted by atomic mass is 10.0. The van der Waals surface area contributed by atoms with Crippen LogP contribution in [0.5, 0.6) is 11.5 Å². The summed E-state index contributed by atoms with van der Waals surface area (Å²) in [5.74, 6) is 0.919. The first-order valence-electron chi connectivity index (χ1n) is 5.64. The number of aromatic hydroxyl groups is 1. The first-order valence-corrected chi connectivity index (χ1v) is 5.64. The van der Waals surface area contributed by atoms with Crippen molar-refractivity contribution >= 4 is 5.78 Å². The molecule has 1 N–H and O–H groups in total. The third kappa shape index (κ3) is 2.88. The topological polar surface area (TPSA) is 46.5 Å². The molecule has 3 nitrogen and oxygen atoms in total. The van der Waals surface area contributed by atoms with Crippen LogP contribution in [0.25, 0.3) is 0 Å². The van der Waals surface area contributed by atoms with Gasteiger partial charge < -0.3 is 9.84 Å². The SMILES string of the molecule is COc1ccc(C(=O)Cc2cccc(O)c2)cc1. The predicted octanol–water partition coefficient (Wildman–Crippen LogP) is 2.83. The maximum atomic E-state index is 12.0. The number of hydrogen-bond acceptors (Lipinski definition) is 3. The molecule has 0 spiro atoms. The van der Waals surface area contributed by atoms with Crippen LogP contribution in [0.4, 0.5) is 0 Å². The molecule has 0 aromatic heterocycles. The van der Waals surface area contributed by atoms with Crippen molar-refractivity contribution in [3.8, 4) is 11.5 Å². The number of carbonyl (C=O) groups excluding carboxylic acids is 1. The number of phenolic OH excluding ortho intramolecular Hbond substituents is 1. The lowest BCUT2D eigenvalue weighted by Crippen LogP contribution is -2.03. The van der Waals surface area contributed by atoms with E-state index in [0.29, 0.717) is 5.56 Å².